The third kappa shape index (κ3) is 42.9. The summed E-state index contributed by atoms with van der Waals surface area (Å²) >= 11 is 0. The summed E-state index contributed by atoms with van der Waals surface area (Å²) < 4.78 is 9.15. The molecular weight excluding hydrogens is 147 g/mol. The van der Waals surface area contributed by atoms with Crippen LogP contribution in [-0.4, -0.2) is 11.6 Å². The monoisotopic (exact) mass is 165 g/mol. The predicted octanol–water partition coefficient (Wildman–Crippen LogP) is 2.94. The van der Waals surface area contributed by atoms with Crippen LogP contribution < -0.4 is 0 Å². The Morgan fingerprint density at radius 2 is 1.40 bits per heavy atom. The second-order valence-electron chi connectivity index (χ2n) is 2.17. The van der Waals surface area contributed by atoms with E-state index in [0.29, 0.717) is 0 Å². The fourth-order valence-electron chi connectivity index (χ4n) is 0.500. The average molecular weight is 165 g/mol. The lowest BCUT2D eigenvalue weighted by Gasteiger charge is -1.86. The normalized spacial score (nSPS) is 9.80. The van der Waals surface area contributed by atoms with Crippen LogP contribution in [0.15, 0.2) is 0 Å². The zero-order chi connectivity index (χ0) is 8.41. The first kappa shape index (κ1) is 12.7. The van der Waals surface area contributed by atoms with E-state index in [2.05, 4.69) is 13.8 Å². The summed E-state index contributed by atoms with van der Waals surface area (Å²) in [5.74, 6) is 0. The molecule has 10 heavy (non-hydrogen) atoms. The molecular formula is C7H18O2P+. The zero-order valence-electron chi connectivity index (χ0n) is 7.13. The Bertz CT molecular complexity index is 66.0. The minimum absolute atomic E-state index is 1.23. The van der Waals surface area contributed by atoms with Crippen LogP contribution in [-0.2, 0) is 4.57 Å². The van der Waals surface area contributed by atoms with E-state index >= 15 is 0 Å². The van der Waals surface area contributed by atoms with Gasteiger partial charge in [0.15, 0.2) is 6.66 Å². The van der Waals surface area contributed by atoms with Gasteiger partial charge in [-0.25, -0.2) is 0 Å². The van der Waals surface area contributed by atoms with Gasteiger partial charge in [-0.1, -0.05) is 39.5 Å². The fourth-order valence-corrected chi connectivity index (χ4v) is 0.500. The summed E-state index contributed by atoms with van der Waals surface area (Å²) in [6.07, 6.45) is 5.54. The lowest BCUT2D eigenvalue weighted by Crippen LogP contribution is -1.66. The summed E-state index contributed by atoms with van der Waals surface area (Å²) in [5, 5.41) is 0. The van der Waals surface area contributed by atoms with E-state index in [1.807, 2.05) is 0 Å². The largest absolute Gasteiger partial charge is 0.502 e. The average Bonchev–Trinajstić information content (AvgIpc) is 1.82. The van der Waals surface area contributed by atoms with Crippen molar-refractivity contribution in [2.24, 2.45) is 0 Å². The molecule has 0 radical (unpaired) electrons. The second-order valence-corrected chi connectivity index (χ2v) is 3.10. The molecule has 1 unspecified atom stereocenters. The second kappa shape index (κ2) is 11.8. The molecule has 0 aromatic rings. The number of unbranched alkanes of at least 4 members (excludes halogenated alkanes) is 3. The molecule has 1 N–H and O–H groups in total. The molecule has 0 amide bonds. The summed E-state index contributed by atoms with van der Waals surface area (Å²) in [4.78, 5) is 7.56. The highest BCUT2D eigenvalue weighted by Gasteiger charge is 1.86. The van der Waals surface area contributed by atoms with Gasteiger partial charge in [0.2, 0.25) is 0 Å². The van der Waals surface area contributed by atoms with Gasteiger partial charge < -0.3 is 0 Å². The summed E-state index contributed by atoms with van der Waals surface area (Å²) in [6.45, 7) is 5.70. The Labute approximate surface area is 64.5 Å². The highest BCUT2D eigenvalue weighted by Crippen LogP contribution is 1.99. The van der Waals surface area contributed by atoms with Gasteiger partial charge in [-0.15, -0.1) is 0 Å². The zero-order valence-corrected chi connectivity index (χ0v) is 8.03. The van der Waals surface area contributed by atoms with Gasteiger partial charge >= 0.3 is 8.03 Å². The SMILES string of the molecule is CCCCCC.C[P+](=O)O. The van der Waals surface area contributed by atoms with E-state index < -0.39 is 8.03 Å². The first-order valence-electron chi connectivity index (χ1n) is 3.74. The molecule has 0 spiro atoms. The van der Waals surface area contributed by atoms with E-state index in [1.165, 1.54) is 32.3 Å². The molecule has 0 aromatic heterocycles. The quantitative estimate of drug-likeness (QED) is 0.515. The molecule has 0 saturated heterocycles. The third-order valence-electron chi connectivity index (χ3n) is 0.957. The van der Waals surface area contributed by atoms with Crippen LogP contribution in [0.5, 0.6) is 0 Å². The molecule has 0 aliphatic heterocycles. The van der Waals surface area contributed by atoms with Gasteiger partial charge in [-0.2, -0.15) is 4.89 Å². The first-order chi connectivity index (χ1) is 4.65. The van der Waals surface area contributed by atoms with Crippen LogP contribution in [0.25, 0.3) is 0 Å². The lowest BCUT2D eigenvalue weighted by atomic mass is 10.2. The molecule has 0 bridgehead atoms. The summed E-state index contributed by atoms with van der Waals surface area (Å²) in [7, 11) is -1.87. The third-order valence-corrected chi connectivity index (χ3v) is 0.957. The van der Waals surface area contributed by atoms with E-state index in [-0.39, 0.29) is 0 Å². The summed E-state index contributed by atoms with van der Waals surface area (Å²) in [5.41, 5.74) is 0. The topological polar surface area (TPSA) is 37.3 Å². The molecule has 0 aromatic carbocycles. The standard InChI is InChI=1S/C6H14.CH3O2P/c1-3-5-6-4-2;1-4(2)3/h3-6H2,1-2H3;1H3/p+1. The van der Waals surface area contributed by atoms with Crippen molar-refractivity contribution < 1.29 is 9.46 Å². The maximum Gasteiger partial charge on any atom is 0.502 e. The Morgan fingerprint density at radius 1 is 1.20 bits per heavy atom. The van der Waals surface area contributed by atoms with Crippen molar-refractivity contribution in [3.05, 3.63) is 0 Å². The van der Waals surface area contributed by atoms with Crippen molar-refractivity contribution in [2.45, 2.75) is 39.5 Å². The molecule has 0 aliphatic rings. The van der Waals surface area contributed by atoms with E-state index in [1.54, 1.807) is 0 Å². The number of hydrogen-bond donors (Lipinski definition) is 1. The Morgan fingerprint density at radius 3 is 1.50 bits per heavy atom. The molecule has 1 atom stereocenters. The van der Waals surface area contributed by atoms with Crippen LogP contribution >= 0.6 is 8.03 Å². The van der Waals surface area contributed by atoms with E-state index in [9.17, 15) is 0 Å². The van der Waals surface area contributed by atoms with Crippen LogP contribution in [0.4, 0.5) is 0 Å². The van der Waals surface area contributed by atoms with Crippen LogP contribution in [0.2, 0.25) is 0 Å². The Balaban J connectivity index is 0. The molecule has 0 fully saturated rings. The molecule has 0 heterocycles. The minimum atomic E-state index is -1.87. The van der Waals surface area contributed by atoms with Gasteiger partial charge in [0.25, 0.3) is 0 Å². The predicted molar refractivity (Wildman–Crippen MR) is 45.6 cm³/mol. The van der Waals surface area contributed by atoms with Gasteiger partial charge in [0.05, 0.1) is 0 Å². The molecule has 0 aliphatic carbocycles. The van der Waals surface area contributed by atoms with Crippen molar-refractivity contribution in [1.82, 2.24) is 0 Å². The Hall–Kier alpha value is 0.0600. The number of hydrogen-bond acceptors (Lipinski definition) is 1. The van der Waals surface area contributed by atoms with Crippen LogP contribution in [0.1, 0.15) is 39.5 Å². The minimum Gasteiger partial charge on any atom is -0.161 e. The Kier molecular flexibility index (Phi) is 15.0. The van der Waals surface area contributed by atoms with Crippen LogP contribution in [0, 0.1) is 0 Å². The van der Waals surface area contributed by atoms with Crippen molar-refractivity contribution in [3.63, 3.8) is 0 Å². The maximum absolute atomic E-state index is 9.15. The van der Waals surface area contributed by atoms with Crippen molar-refractivity contribution in [3.8, 4) is 0 Å². The molecule has 3 heteroatoms. The fraction of sp³-hybridized carbons (Fsp3) is 1.00. The van der Waals surface area contributed by atoms with Crippen molar-refractivity contribution in [1.29, 1.82) is 0 Å². The molecule has 0 rings (SSSR count). The highest BCUT2D eigenvalue weighted by atomic mass is 31.1. The van der Waals surface area contributed by atoms with Crippen molar-refractivity contribution >= 4 is 8.03 Å². The molecule has 2 nitrogen and oxygen atoms in total. The highest BCUT2D eigenvalue weighted by molar-refractivity contribution is 7.36. The van der Waals surface area contributed by atoms with Crippen LogP contribution in [0.3, 0.4) is 0 Å². The summed E-state index contributed by atoms with van der Waals surface area (Å²) in [6, 6.07) is 0. The molecule has 62 valence electrons. The smallest absolute Gasteiger partial charge is 0.161 e. The first-order valence-corrected chi connectivity index (χ1v) is 5.40. The van der Waals surface area contributed by atoms with Crippen molar-refractivity contribution in [2.75, 3.05) is 6.66 Å². The van der Waals surface area contributed by atoms with Gasteiger partial charge in [-0.05, 0) is 4.57 Å². The van der Waals surface area contributed by atoms with Gasteiger partial charge in [-0.3, -0.25) is 0 Å². The van der Waals surface area contributed by atoms with Gasteiger partial charge in [0, 0.05) is 0 Å². The lowest BCUT2D eigenvalue weighted by molar-refractivity contribution is 0.509. The van der Waals surface area contributed by atoms with E-state index in [4.69, 9.17) is 9.46 Å². The van der Waals surface area contributed by atoms with Gasteiger partial charge in [0.1, 0.15) is 0 Å². The number of rotatable bonds is 3. The van der Waals surface area contributed by atoms with E-state index in [0.717, 1.165) is 0 Å². The molecule has 0 saturated carbocycles. The maximum atomic E-state index is 9.15.